The Morgan fingerprint density at radius 2 is 2.06 bits per heavy atom. The fourth-order valence-corrected chi connectivity index (χ4v) is 3.99. The molecule has 1 aromatic heterocycles. The van der Waals surface area contributed by atoms with E-state index in [-0.39, 0.29) is 16.9 Å². The van der Waals surface area contributed by atoms with Crippen LogP contribution >= 0.6 is 11.8 Å². The highest BCUT2D eigenvalue weighted by atomic mass is 32.2. The predicted molar refractivity (Wildman–Crippen MR) is 115 cm³/mol. The zero-order valence-electron chi connectivity index (χ0n) is 17.2. The fraction of sp³-hybridized carbons (Fsp3) is 0.300. The smallest absolute Gasteiger partial charge is 0.283 e. The fourth-order valence-electron chi connectivity index (χ4n) is 2.74. The van der Waals surface area contributed by atoms with Crippen molar-refractivity contribution in [3.05, 3.63) is 63.7 Å². The number of aromatic nitrogens is 4. The summed E-state index contributed by atoms with van der Waals surface area (Å²) >= 11 is 1.39. The van der Waals surface area contributed by atoms with Crippen molar-refractivity contribution in [3.63, 3.8) is 0 Å². The highest BCUT2D eigenvalue weighted by Gasteiger charge is 2.19. The lowest BCUT2D eigenvalue weighted by molar-refractivity contribution is -0.387. The SMILES string of the molecule is Cc1nnnn1-c1cc(NC(=O)c2ccc(SCCC(C)C)c([N+](=O)[O-])c2)ccc1F. The number of amides is 1. The summed E-state index contributed by atoms with van der Waals surface area (Å²) in [5.41, 5.74) is 0.382. The molecule has 0 aliphatic carbocycles. The number of nitrogens with one attached hydrogen (secondary N) is 1. The lowest BCUT2D eigenvalue weighted by Gasteiger charge is -2.10. The number of carbonyl (C=O) groups is 1. The molecule has 31 heavy (non-hydrogen) atoms. The molecule has 2 aromatic carbocycles. The third-order valence-electron chi connectivity index (χ3n) is 4.43. The number of hydrogen-bond donors (Lipinski definition) is 1. The number of halogens is 1. The van der Waals surface area contributed by atoms with Crippen molar-refractivity contribution in [3.8, 4) is 5.69 Å². The average molecular weight is 444 g/mol. The quantitative estimate of drug-likeness (QED) is 0.311. The van der Waals surface area contributed by atoms with Crippen molar-refractivity contribution >= 4 is 29.0 Å². The zero-order chi connectivity index (χ0) is 22.5. The van der Waals surface area contributed by atoms with Crippen LogP contribution in [0.1, 0.15) is 36.5 Å². The number of nitro benzene ring substituents is 1. The van der Waals surface area contributed by atoms with Gasteiger partial charge >= 0.3 is 0 Å². The van der Waals surface area contributed by atoms with Crippen LogP contribution in [-0.4, -0.2) is 36.8 Å². The molecule has 0 saturated carbocycles. The Morgan fingerprint density at radius 1 is 1.29 bits per heavy atom. The molecule has 1 N–H and O–H groups in total. The number of hydrogen-bond acceptors (Lipinski definition) is 7. The molecule has 3 rings (SSSR count). The van der Waals surface area contributed by atoms with Crippen molar-refractivity contribution in [2.75, 3.05) is 11.1 Å². The molecule has 0 radical (unpaired) electrons. The van der Waals surface area contributed by atoms with Gasteiger partial charge in [-0.15, -0.1) is 16.9 Å². The van der Waals surface area contributed by atoms with E-state index in [1.165, 1.54) is 46.8 Å². The van der Waals surface area contributed by atoms with E-state index in [2.05, 4.69) is 34.7 Å². The van der Waals surface area contributed by atoms with Crippen LogP contribution in [0.15, 0.2) is 41.3 Å². The van der Waals surface area contributed by atoms with Gasteiger partial charge in [0.15, 0.2) is 5.82 Å². The minimum Gasteiger partial charge on any atom is -0.322 e. The molecule has 1 heterocycles. The lowest BCUT2D eigenvalue weighted by atomic mass is 10.1. The topological polar surface area (TPSA) is 116 Å². The molecule has 0 saturated heterocycles. The van der Waals surface area contributed by atoms with Crippen molar-refractivity contribution in [2.24, 2.45) is 5.92 Å². The number of tetrazole rings is 1. The summed E-state index contributed by atoms with van der Waals surface area (Å²) in [5.74, 6) is 0.511. The maximum Gasteiger partial charge on any atom is 0.283 e. The van der Waals surface area contributed by atoms with Gasteiger partial charge in [-0.3, -0.25) is 14.9 Å². The maximum atomic E-state index is 14.2. The van der Waals surface area contributed by atoms with Crippen LogP contribution < -0.4 is 5.32 Å². The minimum atomic E-state index is -0.563. The van der Waals surface area contributed by atoms with Gasteiger partial charge in [0.2, 0.25) is 0 Å². The van der Waals surface area contributed by atoms with Crippen molar-refractivity contribution in [2.45, 2.75) is 32.1 Å². The van der Waals surface area contributed by atoms with E-state index < -0.39 is 16.6 Å². The number of aryl methyl sites for hydroxylation is 1. The van der Waals surface area contributed by atoms with Gasteiger partial charge in [0.1, 0.15) is 11.5 Å². The van der Waals surface area contributed by atoms with Crippen molar-refractivity contribution < 1.29 is 14.1 Å². The Hall–Kier alpha value is -3.34. The van der Waals surface area contributed by atoms with E-state index in [9.17, 15) is 19.3 Å². The Bertz CT molecular complexity index is 1120. The molecule has 0 fully saturated rings. The second-order valence-electron chi connectivity index (χ2n) is 7.23. The number of nitro groups is 1. The van der Waals surface area contributed by atoms with Crippen LogP contribution in [0, 0.1) is 28.8 Å². The van der Waals surface area contributed by atoms with Crippen LogP contribution in [-0.2, 0) is 0 Å². The van der Waals surface area contributed by atoms with E-state index in [0.717, 1.165) is 12.2 Å². The molecule has 0 unspecified atom stereocenters. The van der Waals surface area contributed by atoms with Crippen molar-refractivity contribution in [1.82, 2.24) is 20.2 Å². The van der Waals surface area contributed by atoms with Gasteiger partial charge in [0.25, 0.3) is 11.6 Å². The first kappa shape index (κ1) is 22.3. The Balaban J connectivity index is 1.81. The van der Waals surface area contributed by atoms with Crippen molar-refractivity contribution in [1.29, 1.82) is 0 Å². The van der Waals surface area contributed by atoms with Gasteiger partial charge < -0.3 is 5.32 Å². The Morgan fingerprint density at radius 3 is 2.71 bits per heavy atom. The second-order valence-corrected chi connectivity index (χ2v) is 8.37. The highest BCUT2D eigenvalue weighted by Crippen LogP contribution is 2.31. The summed E-state index contributed by atoms with van der Waals surface area (Å²) in [7, 11) is 0. The molecule has 0 aliphatic rings. The molecule has 0 atom stereocenters. The highest BCUT2D eigenvalue weighted by molar-refractivity contribution is 7.99. The molecule has 0 spiro atoms. The van der Waals surface area contributed by atoms with Gasteiger partial charge in [-0.05, 0) is 65.8 Å². The van der Waals surface area contributed by atoms with Crippen LogP contribution in [0.4, 0.5) is 15.8 Å². The summed E-state index contributed by atoms with van der Waals surface area (Å²) in [6.45, 7) is 5.79. The maximum absolute atomic E-state index is 14.2. The molecule has 1 amide bonds. The van der Waals surface area contributed by atoms with Crippen LogP contribution in [0.25, 0.3) is 5.69 Å². The largest absolute Gasteiger partial charge is 0.322 e. The Labute approximate surface area is 182 Å². The molecular weight excluding hydrogens is 423 g/mol. The number of nitrogens with zero attached hydrogens (tertiary/aromatic N) is 5. The predicted octanol–water partition coefficient (Wildman–Crippen LogP) is 4.41. The molecular formula is C20H21FN6O3S. The molecule has 9 nitrogen and oxygen atoms in total. The van der Waals surface area contributed by atoms with Crippen LogP contribution in [0.3, 0.4) is 0 Å². The summed E-state index contributed by atoms with van der Waals surface area (Å²) in [6, 6.07) is 8.34. The molecule has 162 valence electrons. The van der Waals surface area contributed by atoms with Gasteiger partial charge in [-0.25, -0.2) is 4.39 Å². The normalized spacial score (nSPS) is 11.0. The van der Waals surface area contributed by atoms with Crippen LogP contribution in [0.2, 0.25) is 0 Å². The zero-order valence-corrected chi connectivity index (χ0v) is 18.0. The summed E-state index contributed by atoms with van der Waals surface area (Å²) in [5, 5.41) is 25.1. The average Bonchev–Trinajstić information content (AvgIpc) is 3.14. The van der Waals surface area contributed by atoms with Gasteiger partial charge in [0, 0.05) is 17.3 Å². The van der Waals surface area contributed by atoms with E-state index >= 15 is 0 Å². The number of carbonyl (C=O) groups excluding carboxylic acids is 1. The first-order chi connectivity index (χ1) is 14.8. The molecule has 11 heteroatoms. The van der Waals surface area contributed by atoms with Crippen LogP contribution in [0.5, 0.6) is 0 Å². The molecule has 0 aliphatic heterocycles. The summed E-state index contributed by atoms with van der Waals surface area (Å²) in [4.78, 5) is 24.2. The first-order valence-electron chi connectivity index (χ1n) is 9.53. The first-order valence-corrected chi connectivity index (χ1v) is 10.5. The molecule has 0 bridgehead atoms. The van der Waals surface area contributed by atoms with E-state index in [4.69, 9.17) is 0 Å². The monoisotopic (exact) mass is 444 g/mol. The van der Waals surface area contributed by atoms with E-state index in [0.29, 0.717) is 22.3 Å². The number of rotatable bonds is 8. The lowest BCUT2D eigenvalue weighted by Crippen LogP contribution is -2.13. The third-order valence-corrected chi connectivity index (χ3v) is 5.52. The minimum absolute atomic E-state index is 0.0724. The van der Waals surface area contributed by atoms with E-state index in [1.54, 1.807) is 13.0 Å². The standard InChI is InChI=1S/C20H21FN6O3S/c1-12(2)8-9-31-19-7-4-14(10-18(19)27(29)30)20(28)22-15-5-6-16(21)17(11-15)26-13(3)23-24-25-26/h4-7,10-12H,8-9H2,1-3H3,(H,22,28). The second kappa shape index (κ2) is 9.65. The van der Waals surface area contributed by atoms with Gasteiger partial charge in [-0.2, -0.15) is 4.68 Å². The molecule has 3 aromatic rings. The number of thioether (sulfide) groups is 1. The Kier molecular flexibility index (Phi) is 6.95. The summed E-state index contributed by atoms with van der Waals surface area (Å²) < 4.78 is 15.4. The van der Waals surface area contributed by atoms with E-state index in [1.807, 2.05) is 0 Å². The van der Waals surface area contributed by atoms with Gasteiger partial charge in [-0.1, -0.05) is 13.8 Å². The third kappa shape index (κ3) is 5.43. The number of anilines is 1. The number of benzene rings is 2. The summed E-state index contributed by atoms with van der Waals surface area (Å²) in [6.07, 6.45) is 0.928. The van der Waals surface area contributed by atoms with Gasteiger partial charge in [0.05, 0.1) is 9.82 Å².